The zero-order chi connectivity index (χ0) is 16.5. The molecule has 0 aliphatic carbocycles. The van der Waals surface area contributed by atoms with Crippen molar-refractivity contribution in [3.05, 3.63) is 29.1 Å². The Hall–Kier alpha value is -1.66. The molecule has 0 saturated carbocycles. The summed E-state index contributed by atoms with van der Waals surface area (Å²) in [5.74, 6) is -1.17. The predicted octanol–water partition coefficient (Wildman–Crippen LogP) is 2.24. The van der Waals surface area contributed by atoms with Gasteiger partial charge in [-0.3, -0.25) is 9.59 Å². The number of nitrogens with one attached hydrogen (secondary N) is 2. The molecule has 2 amide bonds. The number of aryl methyl sites for hydroxylation is 1. The highest BCUT2D eigenvalue weighted by Crippen LogP contribution is 2.26. The maximum absolute atomic E-state index is 14.2. The molecule has 0 fully saturated rings. The molecule has 1 aliphatic rings. The SMILES string of the molecule is CC(C)C(C)(CN)NC(=O)c1cc2c(cc1F)NC(=O)CC2.Cl. The molecule has 1 atom stereocenters. The van der Waals surface area contributed by atoms with E-state index in [1.165, 1.54) is 12.1 Å². The van der Waals surface area contributed by atoms with Gasteiger partial charge in [0.25, 0.3) is 5.91 Å². The van der Waals surface area contributed by atoms with Gasteiger partial charge in [-0.05, 0) is 37.0 Å². The van der Waals surface area contributed by atoms with E-state index in [0.717, 1.165) is 5.56 Å². The predicted molar refractivity (Wildman–Crippen MR) is 90.4 cm³/mol. The van der Waals surface area contributed by atoms with Gasteiger partial charge >= 0.3 is 0 Å². The van der Waals surface area contributed by atoms with Gasteiger partial charge in [0.15, 0.2) is 0 Å². The second-order valence-electron chi connectivity index (χ2n) is 6.27. The number of rotatable bonds is 4. The number of carbonyl (C=O) groups is 2. The van der Waals surface area contributed by atoms with Crippen LogP contribution in [0.15, 0.2) is 12.1 Å². The van der Waals surface area contributed by atoms with Crippen molar-refractivity contribution in [1.82, 2.24) is 5.32 Å². The van der Waals surface area contributed by atoms with Gasteiger partial charge in [-0.2, -0.15) is 0 Å². The Morgan fingerprint density at radius 3 is 2.65 bits per heavy atom. The van der Waals surface area contributed by atoms with Gasteiger partial charge in [-0.1, -0.05) is 13.8 Å². The van der Waals surface area contributed by atoms with Crippen LogP contribution in [-0.2, 0) is 11.2 Å². The number of nitrogens with two attached hydrogens (primary N) is 1. The van der Waals surface area contributed by atoms with Gasteiger partial charge in [0, 0.05) is 18.7 Å². The number of carbonyl (C=O) groups excluding carboxylic acids is 2. The molecule has 1 unspecified atom stereocenters. The molecule has 1 aromatic carbocycles. The maximum Gasteiger partial charge on any atom is 0.254 e. The lowest BCUT2D eigenvalue weighted by atomic mass is 9.88. The molecule has 0 bridgehead atoms. The lowest BCUT2D eigenvalue weighted by Crippen LogP contribution is -2.55. The van der Waals surface area contributed by atoms with Gasteiger partial charge in [0.05, 0.1) is 11.1 Å². The third-order valence-electron chi connectivity index (χ3n) is 4.43. The van der Waals surface area contributed by atoms with Crippen molar-refractivity contribution in [2.24, 2.45) is 11.7 Å². The van der Waals surface area contributed by atoms with E-state index in [2.05, 4.69) is 10.6 Å². The van der Waals surface area contributed by atoms with Crippen molar-refractivity contribution in [1.29, 1.82) is 0 Å². The third kappa shape index (κ3) is 4.00. The van der Waals surface area contributed by atoms with E-state index >= 15 is 0 Å². The van der Waals surface area contributed by atoms with Crippen molar-refractivity contribution in [2.75, 3.05) is 11.9 Å². The molecule has 1 heterocycles. The van der Waals surface area contributed by atoms with Crippen LogP contribution in [0.2, 0.25) is 0 Å². The number of fused-ring (bicyclic) bond motifs is 1. The van der Waals surface area contributed by atoms with Gasteiger partial charge < -0.3 is 16.4 Å². The minimum Gasteiger partial charge on any atom is -0.345 e. The summed E-state index contributed by atoms with van der Waals surface area (Å²) in [5.41, 5.74) is 6.33. The number of hydrogen-bond donors (Lipinski definition) is 3. The molecule has 0 spiro atoms. The quantitative estimate of drug-likeness (QED) is 0.783. The molecule has 23 heavy (non-hydrogen) atoms. The fourth-order valence-corrected chi connectivity index (χ4v) is 2.33. The first-order valence-electron chi connectivity index (χ1n) is 7.41. The second-order valence-corrected chi connectivity index (χ2v) is 6.27. The summed E-state index contributed by atoms with van der Waals surface area (Å²) in [6, 6.07) is 2.72. The Bertz CT molecular complexity index is 622. The van der Waals surface area contributed by atoms with Crippen LogP contribution >= 0.6 is 12.4 Å². The van der Waals surface area contributed by atoms with Crippen LogP contribution < -0.4 is 16.4 Å². The molecule has 7 heteroatoms. The van der Waals surface area contributed by atoms with Crippen LogP contribution in [0.25, 0.3) is 0 Å². The summed E-state index contributed by atoms with van der Waals surface area (Å²) < 4.78 is 14.2. The average molecular weight is 344 g/mol. The summed E-state index contributed by atoms with van der Waals surface area (Å²) >= 11 is 0. The van der Waals surface area contributed by atoms with Crippen molar-refractivity contribution in [3.8, 4) is 0 Å². The molecule has 5 nitrogen and oxygen atoms in total. The lowest BCUT2D eigenvalue weighted by Gasteiger charge is -2.33. The van der Waals surface area contributed by atoms with Gasteiger partial charge in [-0.15, -0.1) is 12.4 Å². The topological polar surface area (TPSA) is 84.2 Å². The molecule has 0 saturated heterocycles. The summed E-state index contributed by atoms with van der Waals surface area (Å²) in [4.78, 5) is 23.7. The molecule has 128 valence electrons. The van der Waals surface area contributed by atoms with Crippen molar-refractivity contribution < 1.29 is 14.0 Å². The Morgan fingerprint density at radius 1 is 1.43 bits per heavy atom. The van der Waals surface area contributed by atoms with Crippen LogP contribution in [0.5, 0.6) is 0 Å². The summed E-state index contributed by atoms with van der Waals surface area (Å²) in [5, 5.41) is 5.44. The Balaban J connectivity index is 0.00000264. The second kappa shape index (κ2) is 7.27. The fraction of sp³-hybridized carbons (Fsp3) is 0.500. The Kier molecular flexibility index (Phi) is 6.13. The van der Waals surface area contributed by atoms with Crippen LogP contribution in [0, 0.1) is 11.7 Å². The largest absolute Gasteiger partial charge is 0.345 e. The fourth-order valence-electron chi connectivity index (χ4n) is 2.33. The van der Waals surface area contributed by atoms with Crippen LogP contribution in [0.3, 0.4) is 0 Å². The van der Waals surface area contributed by atoms with E-state index in [1.54, 1.807) is 0 Å². The summed E-state index contributed by atoms with van der Waals surface area (Å²) in [6.45, 7) is 6.00. The van der Waals surface area contributed by atoms with Gasteiger partial charge in [0.1, 0.15) is 5.82 Å². The van der Waals surface area contributed by atoms with E-state index in [9.17, 15) is 14.0 Å². The lowest BCUT2D eigenvalue weighted by molar-refractivity contribution is -0.116. The molecule has 4 N–H and O–H groups in total. The van der Waals surface area contributed by atoms with Gasteiger partial charge in [-0.25, -0.2) is 4.39 Å². The number of amides is 2. The highest BCUT2D eigenvalue weighted by Gasteiger charge is 2.30. The highest BCUT2D eigenvalue weighted by atomic mass is 35.5. The number of benzene rings is 1. The Labute approximate surface area is 141 Å². The standard InChI is InChI=1S/C16H22FN3O2.ClH/c1-9(2)16(3,8-18)20-15(22)11-6-10-4-5-14(21)19-13(10)7-12(11)17;/h6-7,9H,4-5,8,18H2,1-3H3,(H,19,21)(H,20,22);1H. The summed E-state index contributed by atoms with van der Waals surface area (Å²) in [7, 11) is 0. The highest BCUT2D eigenvalue weighted by molar-refractivity contribution is 5.98. The van der Waals surface area contributed by atoms with Crippen molar-refractivity contribution >= 4 is 29.9 Å². The van der Waals surface area contributed by atoms with E-state index in [0.29, 0.717) is 18.5 Å². The number of anilines is 1. The average Bonchev–Trinajstić information content (AvgIpc) is 2.45. The number of hydrogen-bond acceptors (Lipinski definition) is 3. The molecular weight excluding hydrogens is 321 g/mol. The number of halogens is 2. The van der Waals surface area contributed by atoms with E-state index < -0.39 is 17.3 Å². The van der Waals surface area contributed by atoms with Gasteiger partial charge in [0.2, 0.25) is 5.91 Å². The normalized spacial score (nSPS) is 16.0. The monoisotopic (exact) mass is 343 g/mol. The van der Waals surface area contributed by atoms with Crippen molar-refractivity contribution in [2.45, 2.75) is 39.2 Å². The smallest absolute Gasteiger partial charge is 0.254 e. The Morgan fingerprint density at radius 2 is 2.09 bits per heavy atom. The minimum absolute atomic E-state index is 0. The maximum atomic E-state index is 14.2. The molecule has 2 rings (SSSR count). The molecule has 1 aromatic rings. The first-order chi connectivity index (χ1) is 10.3. The molecular formula is C16H23ClFN3O2. The first-order valence-corrected chi connectivity index (χ1v) is 7.41. The van der Waals surface area contributed by atoms with E-state index in [1.807, 2.05) is 20.8 Å². The molecule has 1 aliphatic heterocycles. The van der Waals surface area contributed by atoms with E-state index in [4.69, 9.17) is 5.73 Å². The van der Waals surface area contributed by atoms with Crippen LogP contribution in [0.1, 0.15) is 43.1 Å². The van der Waals surface area contributed by atoms with Crippen molar-refractivity contribution in [3.63, 3.8) is 0 Å². The minimum atomic E-state index is -0.651. The van der Waals surface area contributed by atoms with Crippen LogP contribution in [0.4, 0.5) is 10.1 Å². The third-order valence-corrected chi connectivity index (χ3v) is 4.43. The first kappa shape index (κ1) is 19.4. The molecule has 0 aromatic heterocycles. The zero-order valence-electron chi connectivity index (χ0n) is 13.5. The summed E-state index contributed by atoms with van der Waals surface area (Å²) in [6.07, 6.45) is 0.840. The zero-order valence-corrected chi connectivity index (χ0v) is 14.3. The molecule has 0 radical (unpaired) electrons. The van der Waals surface area contributed by atoms with Crippen LogP contribution in [-0.4, -0.2) is 23.9 Å². The van der Waals surface area contributed by atoms with E-state index in [-0.39, 0.29) is 36.3 Å².